The zero-order valence-corrected chi connectivity index (χ0v) is 15.3. The van der Waals surface area contributed by atoms with Gasteiger partial charge in [-0.15, -0.1) is 11.3 Å². The van der Waals surface area contributed by atoms with Gasteiger partial charge in [0, 0.05) is 25.3 Å². The number of aromatic nitrogens is 2. The Morgan fingerprint density at radius 3 is 2.80 bits per heavy atom. The molecule has 0 saturated carbocycles. The van der Waals surface area contributed by atoms with E-state index in [1.807, 2.05) is 35.7 Å². The summed E-state index contributed by atoms with van der Waals surface area (Å²) in [5.41, 5.74) is 2.05. The zero-order chi connectivity index (χ0) is 17.6. The first-order chi connectivity index (χ1) is 12.2. The summed E-state index contributed by atoms with van der Waals surface area (Å²) >= 11 is 7.55. The smallest absolute Gasteiger partial charge is 0.270 e. The summed E-state index contributed by atoms with van der Waals surface area (Å²) in [7, 11) is 1.64. The van der Waals surface area contributed by atoms with Gasteiger partial charge in [0.1, 0.15) is 11.4 Å². The number of benzene rings is 1. The molecule has 25 heavy (non-hydrogen) atoms. The molecule has 7 heteroatoms. The highest BCUT2D eigenvalue weighted by atomic mass is 35.5. The van der Waals surface area contributed by atoms with Crippen LogP contribution in [0.5, 0.6) is 0 Å². The molecule has 1 aromatic carbocycles. The van der Waals surface area contributed by atoms with Crippen LogP contribution in [-0.4, -0.2) is 35.9 Å². The maximum Gasteiger partial charge on any atom is 0.270 e. The molecular formula is C18H18ClN3O2S. The van der Waals surface area contributed by atoms with Crippen LogP contribution >= 0.6 is 22.9 Å². The van der Waals surface area contributed by atoms with E-state index in [-0.39, 0.29) is 5.91 Å². The summed E-state index contributed by atoms with van der Waals surface area (Å²) in [6.07, 6.45) is 0.759. The Hall–Kier alpha value is -2.15. The number of carbonyl (C=O) groups excluding carboxylic acids is 1. The average Bonchev–Trinajstić information content (AvgIpc) is 3.28. The Balaban J connectivity index is 1.91. The molecule has 0 unspecified atom stereocenters. The van der Waals surface area contributed by atoms with Crippen LogP contribution < -0.4 is 5.32 Å². The van der Waals surface area contributed by atoms with Gasteiger partial charge in [-0.1, -0.05) is 17.7 Å². The number of nitrogens with one attached hydrogen (secondary N) is 1. The van der Waals surface area contributed by atoms with Gasteiger partial charge in [0.2, 0.25) is 0 Å². The van der Waals surface area contributed by atoms with Crippen LogP contribution in [0.4, 0.5) is 0 Å². The summed E-state index contributed by atoms with van der Waals surface area (Å²) in [6.45, 7) is 1.16. The lowest BCUT2D eigenvalue weighted by Crippen LogP contribution is -2.27. The highest BCUT2D eigenvalue weighted by molar-refractivity contribution is 7.13. The monoisotopic (exact) mass is 375 g/mol. The quantitative estimate of drug-likeness (QED) is 0.634. The normalized spacial score (nSPS) is 10.8. The number of thiophene rings is 1. The van der Waals surface area contributed by atoms with Gasteiger partial charge in [-0.25, -0.2) is 4.68 Å². The molecular weight excluding hydrogens is 358 g/mol. The number of halogens is 1. The highest BCUT2D eigenvalue weighted by Gasteiger charge is 2.17. The van der Waals surface area contributed by atoms with Crippen LogP contribution in [0.3, 0.4) is 0 Å². The van der Waals surface area contributed by atoms with Crippen LogP contribution in [0, 0.1) is 0 Å². The van der Waals surface area contributed by atoms with E-state index in [2.05, 4.69) is 10.4 Å². The van der Waals surface area contributed by atoms with Crippen molar-refractivity contribution in [3.63, 3.8) is 0 Å². The second-order valence-corrected chi connectivity index (χ2v) is 6.77. The van der Waals surface area contributed by atoms with Gasteiger partial charge in [0.15, 0.2) is 0 Å². The fraction of sp³-hybridized carbons (Fsp3) is 0.222. The van der Waals surface area contributed by atoms with Crippen molar-refractivity contribution < 1.29 is 9.53 Å². The number of methoxy groups -OCH3 is 1. The van der Waals surface area contributed by atoms with E-state index in [0.717, 1.165) is 22.7 Å². The van der Waals surface area contributed by atoms with Crippen molar-refractivity contribution in [3.05, 3.63) is 58.6 Å². The zero-order valence-electron chi connectivity index (χ0n) is 13.7. The molecule has 2 aromatic heterocycles. The second kappa shape index (κ2) is 8.29. The van der Waals surface area contributed by atoms with Gasteiger partial charge in [-0.3, -0.25) is 4.79 Å². The van der Waals surface area contributed by atoms with E-state index in [4.69, 9.17) is 16.3 Å². The van der Waals surface area contributed by atoms with Crippen molar-refractivity contribution in [2.75, 3.05) is 20.3 Å². The van der Waals surface area contributed by atoms with Crippen LogP contribution in [0.15, 0.2) is 47.8 Å². The van der Waals surface area contributed by atoms with Gasteiger partial charge in [0.05, 0.1) is 10.6 Å². The fourth-order valence-electron chi connectivity index (χ4n) is 2.38. The minimum absolute atomic E-state index is 0.165. The van der Waals surface area contributed by atoms with Gasteiger partial charge < -0.3 is 10.1 Å². The maximum absolute atomic E-state index is 12.6. The summed E-state index contributed by atoms with van der Waals surface area (Å²) < 4.78 is 6.66. The Morgan fingerprint density at radius 1 is 1.32 bits per heavy atom. The largest absolute Gasteiger partial charge is 0.385 e. The molecule has 0 saturated heterocycles. The van der Waals surface area contributed by atoms with Crippen LogP contribution in [-0.2, 0) is 4.74 Å². The van der Waals surface area contributed by atoms with Crippen molar-refractivity contribution in [1.82, 2.24) is 15.1 Å². The fourth-order valence-corrected chi connectivity index (χ4v) is 3.18. The van der Waals surface area contributed by atoms with Crippen LogP contribution in [0.2, 0.25) is 5.02 Å². The molecule has 2 heterocycles. The third kappa shape index (κ3) is 4.28. The number of amides is 1. The minimum atomic E-state index is -0.165. The van der Waals surface area contributed by atoms with Crippen LogP contribution in [0.25, 0.3) is 16.3 Å². The third-order valence-electron chi connectivity index (χ3n) is 3.60. The van der Waals surface area contributed by atoms with E-state index in [0.29, 0.717) is 23.9 Å². The molecule has 0 fully saturated rings. The number of hydrogen-bond acceptors (Lipinski definition) is 4. The van der Waals surface area contributed by atoms with Crippen molar-refractivity contribution in [2.24, 2.45) is 0 Å². The van der Waals surface area contributed by atoms with Crippen molar-refractivity contribution >= 4 is 28.8 Å². The summed E-state index contributed by atoms with van der Waals surface area (Å²) in [5.74, 6) is -0.165. The van der Waals surface area contributed by atoms with E-state index in [1.54, 1.807) is 35.3 Å². The van der Waals surface area contributed by atoms with Crippen molar-refractivity contribution in [2.45, 2.75) is 6.42 Å². The van der Waals surface area contributed by atoms with Gasteiger partial charge in [0.25, 0.3) is 5.91 Å². The SMILES string of the molecule is COCCCNC(=O)c1cc(-c2cccs2)nn1-c1ccc(Cl)cc1. The summed E-state index contributed by atoms with van der Waals surface area (Å²) in [4.78, 5) is 13.6. The van der Waals surface area contributed by atoms with Crippen LogP contribution in [0.1, 0.15) is 16.9 Å². The first-order valence-electron chi connectivity index (χ1n) is 7.86. The lowest BCUT2D eigenvalue weighted by Gasteiger charge is -2.08. The summed E-state index contributed by atoms with van der Waals surface area (Å²) in [6, 6.07) is 13.0. The first-order valence-corrected chi connectivity index (χ1v) is 9.12. The van der Waals surface area contributed by atoms with E-state index in [1.165, 1.54) is 0 Å². The van der Waals surface area contributed by atoms with Gasteiger partial charge in [-0.2, -0.15) is 5.10 Å². The minimum Gasteiger partial charge on any atom is -0.385 e. The Labute approximate surface area is 155 Å². The van der Waals surface area contributed by atoms with Gasteiger partial charge in [-0.05, 0) is 48.2 Å². The topological polar surface area (TPSA) is 56.1 Å². The molecule has 3 rings (SSSR count). The predicted octanol–water partition coefficient (Wildman–Crippen LogP) is 4.02. The number of rotatable bonds is 7. The molecule has 0 aliphatic heterocycles. The molecule has 0 bridgehead atoms. The Morgan fingerprint density at radius 2 is 2.12 bits per heavy atom. The maximum atomic E-state index is 12.6. The highest BCUT2D eigenvalue weighted by Crippen LogP contribution is 2.26. The standard InChI is InChI=1S/C18H18ClN3O2S/c1-24-10-3-9-20-18(23)16-12-15(17-4-2-11-25-17)21-22(16)14-7-5-13(19)6-8-14/h2,4-8,11-12H,3,9-10H2,1H3,(H,20,23). The molecule has 1 N–H and O–H groups in total. The lowest BCUT2D eigenvalue weighted by molar-refractivity contribution is 0.0941. The molecule has 5 nitrogen and oxygen atoms in total. The molecule has 1 amide bonds. The molecule has 0 radical (unpaired) electrons. The first kappa shape index (κ1) is 17.7. The Kier molecular flexibility index (Phi) is 5.86. The molecule has 0 aliphatic carbocycles. The number of carbonyl (C=O) groups is 1. The molecule has 0 aliphatic rings. The average molecular weight is 376 g/mol. The number of hydrogen-bond donors (Lipinski definition) is 1. The third-order valence-corrected chi connectivity index (χ3v) is 4.74. The molecule has 0 spiro atoms. The number of ether oxygens (including phenoxy) is 1. The predicted molar refractivity (Wildman–Crippen MR) is 101 cm³/mol. The molecule has 3 aromatic rings. The van der Waals surface area contributed by atoms with E-state index < -0.39 is 0 Å². The lowest BCUT2D eigenvalue weighted by atomic mass is 10.2. The summed E-state index contributed by atoms with van der Waals surface area (Å²) in [5, 5.41) is 10.2. The van der Waals surface area contributed by atoms with Crippen molar-refractivity contribution in [3.8, 4) is 16.3 Å². The number of nitrogens with zero attached hydrogens (tertiary/aromatic N) is 2. The Bertz CT molecular complexity index is 829. The van der Waals surface area contributed by atoms with E-state index in [9.17, 15) is 4.79 Å². The second-order valence-electron chi connectivity index (χ2n) is 5.38. The van der Waals surface area contributed by atoms with E-state index >= 15 is 0 Å². The van der Waals surface area contributed by atoms with Gasteiger partial charge >= 0.3 is 0 Å². The molecule has 130 valence electrons. The molecule has 0 atom stereocenters. The van der Waals surface area contributed by atoms with Crippen molar-refractivity contribution in [1.29, 1.82) is 0 Å².